The number of aliphatic hydroxyl groups is 2. The van der Waals surface area contributed by atoms with Gasteiger partial charge in [0, 0.05) is 7.05 Å². The Balaban J connectivity index is 2.26. The van der Waals surface area contributed by atoms with Crippen molar-refractivity contribution in [3.63, 3.8) is 0 Å². The molecule has 2 saturated heterocycles. The third-order valence-electron chi connectivity index (χ3n) is 2.79. The van der Waals surface area contributed by atoms with Gasteiger partial charge in [-0.05, 0) is 0 Å². The van der Waals surface area contributed by atoms with E-state index < -0.39 is 11.7 Å². The molecule has 2 fully saturated rings. The first-order valence-corrected chi connectivity index (χ1v) is 4.44. The zero-order chi connectivity index (χ0) is 9.64. The minimum atomic E-state index is -0.850. The van der Waals surface area contributed by atoms with E-state index in [9.17, 15) is 10.2 Å². The third-order valence-corrected chi connectivity index (χ3v) is 2.79. The molecule has 13 heavy (non-hydrogen) atoms. The predicted octanol–water partition coefficient (Wildman–Crippen LogP) is -2.69. The molecule has 2 N–H and O–H groups in total. The van der Waals surface area contributed by atoms with Crippen LogP contribution < -0.4 is 0 Å². The van der Waals surface area contributed by atoms with Gasteiger partial charge >= 0.3 is 0 Å². The van der Waals surface area contributed by atoms with Gasteiger partial charge in [0.05, 0.1) is 19.2 Å². The maximum Gasteiger partial charge on any atom is 0.142 e. The number of ether oxygens (including phenoxy) is 1. The van der Waals surface area contributed by atoms with E-state index >= 15 is 0 Å². The average molecular weight is 187 g/mol. The lowest BCUT2D eigenvalue weighted by Crippen LogP contribution is -2.58. The molecule has 0 spiro atoms. The van der Waals surface area contributed by atoms with Gasteiger partial charge in [-0.2, -0.15) is 5.06 Å². The predicted molar refractivity (Wildman–Crippen MR) is 46.7 cm³/mol. The first kappa shape index (κ1) is 9.42. The second-order valence-electron chi connectivity index (χ2n) is 3.85. The Hall–Kier alpha value is -0.135. The van der Waals surface area contributed by atoms with Crippen LogP contribution in [0.5, 0.6) is 0 Å². The summed E-state index contributed by atoms with van der Waals surface area (Å²) in [4.78, 5) is 5.38. The molecule has 0 aliphatic carbocycles. The van der Waals surface area contributed by atoms with Crippen LogP contribution in [0.1, 0.15) is 0 Å². The van der Waals surface area contributed by atoms with Crippen LogP contribution in [-0.4, -0.2) is 67.1 Å². The number of hydrogen-bond donors (Lipinski definition) is 2. The third kappa shape index (κ3) is 1.21. The van der Waals surface area contributed by atoms with Gasteiger partial charge in [0.2, 0.25) is 0 Å². The molecule has 0 amide bonds. The van der Waals surface area contributed by atoms with E-state index in [0.29, 0.717) is 6.54 Å². The van der Waals surface area contributed by atoms with Crippen molar-refractivity contribution in [2.75, 3.05) is 20.2 Å². The van der Waals surface area contributed by atoms with Crippen molar-refractivity contribution in [3.05, 3.63) is 0 Å². The van der Waals surface area contributed by atoms with E-state index in [2.05, 4.69) is 0 Å². The van der Waals surface area contributed by atoms with Gasteiger partial charge in [0.25, 0.3) is 0 Å². The average Bonchev–Trinajstić information content (AvgIpc) is 2.26. The molecule has 0 unspecified atom stereocenters. The van der Waals surface area contributed by atoms with Crippen molar-refractivity contribution in [1.82, 2.24) is 5.06 Å². The summed E-state index contributed by atoms with van der Waals surface area (Å²) in [5.41, 5.74) is -0.850. The molecule has 2 aliphatic rings. The quantitative estimate of drug-likeness (QED) is 0.438. The minimum absolute atomic E-state index is 0.174. The summed E-state index contributed by atoms with van der Waals surface area (Å²) >= 11 is 0. The molecule has 74 valence electrons. The van der Waals surface area contributed by atoms with Gasteiger partial charge in [-0.1, -0.05) is 0 Å². The standard InChI is InChI=1S/C7H14BNO4/c1-9-2-7(3-10)5(11)4(13-9)6(8)12-7/h4-6,10-11H,2-3,8H2,1H3/t4-,5+,6-,7-/m1/s1. The van der Waals surface area contributed by atoms with E-state index in [4.69, 9.17) is 9.57 Å². The largest absolute Gasteiger partial charge is 0.393 e. The van der Waals surface area contributed by atoms with Gasteiger partial charge in [-0.25, -0.2) is 0 Å². The van der Waals surface area contributed by atoms with Crippen molar-refractivity contribution in [3.8, 4) is 0 Å². The molecule has 2 heterocycles. The van der Waals surface area contributed by atoms with Crippen LogP contribution in [0, 0.1) is 0 Å². The Morgan fingerprint density at radius 2 is 2.38 bits per heavy atom. The molecule has 0 radical (unpaired) electrons. The van der Waals surface area contributed by atoms with Crippen LogP contribution in [0.25, 0.3) is 0 Å². The van der Waals surface area contributed by atoms with Crippen LogP contribution in [0.2, 0.25) is 0 Å². The van der Waals surface area contributed by atoms with Crippen molar-refractivity contribution in [1.29, 1.82) is 0 Å². The topological polar surface area (TPSA) is 62.2 Å². The molecule has 2 aliphatic heterocycles. The summed E-state index contributed by atoms with van der Waals surface area (Å²) in [6.07, 6.45) is -1.09. The van der Waals surface area contributed by atoms with Gasteiger partial charge in [-0.3, -0.25) is 4.84 Å². The summed E-state index contributed by atoms with van der Waals surface area (Å²) in [5.74, 6) is 0. The molecule has 0 aromatic rings. The lowest BCUT2D eigenvalue weighted by molar-refractivity contribution is -0.255. The molecule has 2 bridgehead atoms. The SMILES string of the molecule is B[C@@H]1O[C@@]2(CO)CN(C)O[C@@H]1[C@@H]2O. The molecule has 5 nitrogen and oxygen atoms in total. The van der Waals surface area contributed by atoms with Crippen molar-refractivity contribution in [2.45, 2.75) is 23.8 Å². The summed E-state index contributed by atoms with van der Waals surface area (Å²) in [6.45, 7) is 0.216. The van der Waals surface area contributed by atoms with Gasteiger partial charge in [-0.15, -0.1) is 0 Å². The van der Waals surface area contributed by atoms with Crippen LogP contribution in [0.15, 0.2) is 0 Å². The van der Waals surface area contributed by atoms with Crippen LogP contribution >= 0.6 is 0 Å². The first-order valence-electron chi connectivity index (χ1n) is 4.44. The Morgan fingerprint density at radius 1 is 1.69 bits per heavy atom. The van der Waals surface area contributed by atoms with E-state index in [-0.39, 0.29) is 18.7 Å². The van der Waals surface area contributed by atoms with Crippen LogP contribution in [0.3, 0.4) is 0 Å². The highest BCUT2D eigenvalue weighted by atomic mass is 16.7. The molecule has 0 saturated carbocycles. The second kappa shape index (κ2) is 2.93. The highest BCUT2D eigenvalue weighted by Gasteiger charge is 2.57. The fourth-order valence-electron chi connectivity index (χ4n) is 2.14. The Kier molecular flexibility index (Phi) is 2.12. The second-order valence-corrected chi connectivity index (χ2v) is 3.85. The van der Waals surface area contributed by atoms with Crippen LogP contribution in [-0.2, 0) is 9.57 Å². The van der Waals surface area contributed by atoms with Gasteiger partial charge in [0.1, 0.15) is 25.7 Å². The lowest BCUT2D eigenvalue weighted by Gasteiger charge is -2.38. The Bertz CT molecular complexity index is 213. The summed E-state index contributed by atoms with van der Waals surface area (Å²) in [7, 11) is 3.61. The zero-order valence-electron chi connectivity index (χ0n) is 7.80. The number of aliphatic hydroxyl groups excluding tert-OH is 2. The summed E-state index contributed by atoms with van der Waals surface area (Å²) in [5, 5.41) is 20.6. The maximum atomic E-state index is 9.81. The number of hydrogen-bond acceptors (Lipinski definition) is 5. The Morgan fingerprint density at radius 3 is 3.00 bits per heavy atom. The zero-order valence-corrected chi connectivity index (χ0v) is 7.80. The molecular formula is C7H14BNO4. The van der Waals surface area contributed by atoms with Crippen molar-refractivity contribution < 1.29 is 19.8 Å². The van der Waals surface area contributed by atoms with E-state index in [1.54, 1.807) is 12.1 Å². The van der Waals surface area contributed by atoms with Crippen LogP contribution in [0.4, 0.5) is 0 Å². The molecular weight excluding hydrogens is 173 g/mol. The van der Waals surface area contributed by atoms with Crippen molar-refractivity contribution >= 4 is 7.85 Å². The van der Waals surface area contributed by atoms with E-state index in [1.807, 2.05) is 7.85 Å². The van der Waals surface area contributed by atoms with E-state index in [1.165, 1.54) is 0 Å². The van der Waals surface area contributed by atoms with Gasteiger partial charge in [0.15, 0.2) is 0 Å². The fraction of sp³-hybridized carbons (Fsp3) is 1.00. The first-order chi connectivity index (χ1) is 6.09. The number of rotatable bonds is 1. The van der Waals surface area contributed by atoms with E-state index in [0.717, 1.165) is 0 Å². The normalized spacial score (nSPS) is 51.2. The van der Waals surface area contributed by atoms with Gasteiger partial charge < -0.3 is 14.9 Å². The molecule has 0 aromatic carbocycles. The summed E-state index contributed by atoms with van der Waals surface area (Å²) in [6, 6.07) is -0.174. The smallest absolute Gasteiger partial charge is 0.142 e. The maximum absolute atomic E-state index is 9.81. The lowest BCUT2D eigenvalue weighted by atomic mass is 9.88. The highest BCUT2D eigenvalue weighted by molar-refractivity contribution is 6.11. The number of likely N-dealkylation sites (N-methyl/N-ethyl adjacent to an activating group) is 1. The summed E-state index contributed by atoms with van der Waals surface area (Å²) < 4.78 is 5.54. The molecule has 2 rings (SSSR count). The van der Waals surface area contributed by atoms with Crippen molar-refractivity contribution in [2.24, 2.45) is 0 Å². The minimum Gasteiger partial charge on any atom is -0.393 e. The number of fused-ring (bicyclic) bond motifs is 2. The molecule has 4 atom stereocenters. The molecule has 0 aromatic heterocycles. The number of nitrogens with zero attached hydrogens (tertiary/aromatic N) is 1. The highest BCUT2D eigenvalue weighted by Crippen LogP contribution is 2.36. The Labute approximate surface area is 77.6 Å². The fourth-order valence-corrected chi connectivity index (χ4v) is 2.14. The molecule has 6 heteroatoms. The number of hydroxylamine groups is 2. The monoisotopic (exact) mass is 187 g/mol.